The molecular formula is C47H47N3O5. The van der Waals surface area contributed by atoms with Crippen LogP contribution in [0.15, 0.2) is 158 Å². The van der Waals surface area contributed by atoms with Crippen LogP contribution in [0, 0.1) is 0 Å². The topological polar surface area (TPSA) is 92.3 Å². The Balaban J connectivity index is 1.01. The van der Waals surface area contributed by atoms with Crippen molar-refractivity contribution in [2.75, 3.05) is 18.9 Å². The van der Waals surface area contributed by atoms with Crippen LogP contribution in [0.2, 0.25) is 0 Å². The number of aliphatic hydroxyl groups excluding tert-OH is 1. The molecule has 8 heteroatoms. The minimum Gasteiger partial charge on any atom is -0.457 e. The summed E-state index contributed by atoms with van der Waals surface area (Å²) in [5, 5.41) is 15.5. The summed E-state index contributed by atoms with van der Waals surface area (Å²) in [5.74, 6) is 1.44. The number of nitrogens with one attached hydrogen (secondary N) is 2. The van der Waals surface area contributed by atoms with Crippen LogP contribution in [-0.2, 0) is 22.6 Å². The molecule has 7 rings (SSSR count). The number of likely N-dealkylation sites (N-methyl/N-ethyl adjacent to an activating group) is 1. The predicted octanol–water partition coefficient (Wildman–Crippen LogP) is 10.2. The molecule has 1 aliphatic rings. The lowest BCUT2D eigenvalue weighted by molar-refractivity contribution is -0.253. The molecule has 8 nitrogen and oxygen atoms in total. The molecule has 0 aliphatic carbocycles. The van der Waals surface area contributed by atoms with Crippen molar-refractivity contribution < 1.29 is 24.1 Å². The van der Waals surface area contributed by atoms with E-state index in [1.165, 1.54) is 5.56 Å². The van der Waals surface area contributed by atoms with E-state index in [1.54, 1.807) is 0 Å². The van der Waals surface area contributed by atoms with Gasteiger partial charge in [0.2, 0.25) is 0 Å². The average molecular weight is 734 g/mol. The number of para-hydroxylation sites is 1. The lowest BCUT2D eigenvalue weighted by atomic mass is 9.98. The second-order valence-electron chi connectivity index (χ2n) is 13.9. The second kappa shape index (κ2) is 18.0. The number of nitrogens with zero attached hydrogens (tertiary/aromatic N) is 1. The van der Waals surface area contributed by atoms with Crippen molar-refractivity contribution in [1.82, 2.24) is 10.2 Å². The van der Waals surface area contributed by atoms with E-state index in [-0.39, 0.29) is 30.9 Å². The molecule has 1 aliphatic heterocycles. The molecule has 0 saturated carbocycles. The molecule has 1 heterocycles. The van der Waals surface area contributed by atoms with Gasteiger partial charge in [-0.3, -0.25) is 4.90 Å². The Morgan fingerprint density at radius 1 is 0.745 bits per heavy atom. The van der Waals surface area contributed by atoms with Gasteiger partial charge in [-0.2, -0.15) is 0 Å². The smallest absolute Gasteiger partial charge is 0.319 e. The Hall–Kier alpha value is -5.77. The first-order chi connectivity index (χ1) is 26.9. The van der Waals surface area contributed by atoms with E-state index in [0.717, 1.165) is 45.7 Å². The molecule has 0 aromatic heterocycles. The Morgan fingerprint density at radius 2 is 1.42 bits per heavy atom. The van der Waals surface area contributed by atoms with E-state index in [2.05, 4.69) is 84.1 Å². The molecule has 1 saturated heterocycles. The Morgan fingerprint density at radius 3 is 2.15 bits per heavy atom. The third kappa shape index (κ3) is 10.1. The Kier molecular flexibility index (Phi) is 12.3. The van der Waals surface area contributed by atoms with E-state index in [4.69, 9.17) is 14.2 Å². The van der Waals surface area contributed by atoms with Crippen LogP contribution in [0.5, 0.6) is 11.5 Å². The molecule has 55 heavy (non-hydrogen) atoms. The van der Waals surface area contributed by atoms with Gasteiger partial charge in [0.15, 0.2) is 6.29 Å². The Bertz CT molecular complexity index is 2130. The van der Waals surface area contributed by atoms with Crippen molar-refractivity contribution in [1.29, 1.82) is 0 Å². The predicted molar refractivity (Wildman–Crippen MR) is 217 cm³/mol. The van der Waals surface area contributed by atoms with Crippen molar-refractivity contribution in [3.8, 4) is 22.6 Å². The van der Waals surface area contributed by atoms with Gasteiger partial charge in [-0.05, 0) is 95.9 Å². The van der Waals surface area contributed by atoms with Gasteiger partial charge in [-0.1, -0.05) is 109 Å². The first kappa shape index (κ1) is 37.5. The fraction of sp³-hybridized carbons (Fsp3) is 0.213. The first-order valence-corrected chi connectivity index (χ1v) is 18.7. The number of aliphatic hydroxyl groups is 1. The number of hydrogen-bond acceptors (Lipinski definition) is 6. The van der Waals surface area contributed by atoms with Crippen LogP contribution < -0.4 is 15.4 Å². The molecule has 0 radical (unpaired) electrons. The number of anilines is 1. The number of rotatable bonds is 13. The summed E-state index contributed by atoms with van der Waals surface area (Å²) in [7, 11) is 2.14. The number of urea groups is 1. The molecule has 6 aromatic carbocycles. The zero-order chi connectivity index (χ0) is 38.0. The molecule has 0 unspecified atom stereocenters. The molecule has 2 amide bonds. The molecule has 1 fully saturated rings. The maximum Gasteiger partial charge on any atom is 0.319 e. The normalized spacial score (nSPS) is 17.3. The van der Waals surface area contributed by atoms with Gasteiger partial charge in [0.1, 0.15) is 11.5 Å². The fourth-order valence-electron chi connectivity index (χ4n) is 6.81. The van der Waals surface area contributed by atoms with Gasteiger partial charge in [0.25, 0.3) is 0 Å². The minimum absolute atomic E-state index is 0.0000688. The van der Waals surface area contributed by atoms with Crippen LogP contribution in [-0.4, -0.2) is 35.7 Å². The van der Waals surface area contributed by atoms with Gasteiger partial charge in [0.05, 0.1) is 18.8 Å². The lowest BCUT2D eigenvalue weighted by Gasteiger charge is -2.39. The summed E-state index contributed by atoms with van der Waals surface area (Å²) in [6.07, 6.45) is -0.130. The van der Waals surface area contributed by atoms with E-state index >= 15 is 0 Å². The molecule has 4 atom stereocenters. The largest absolute Gasteiger partial charge is 0.457 e. The zero-order valence-corrected chi connectivity index (χ0v) is 31.2. The summed E-state index contributed by atoms with van der Waals surface area (Å²) in [6.45, 7) is 3.31. The second-order valence-corrected chi connectivity index (χ2v) is 13.9. The van der Waals surface area contributed by atoms with E-state index in [0.29, 0.717) is 24.4 Å². The highest BCUT2D eigenvalue weighted by Gasteiger charge is 2.33. The monoisotopic (exact) mass is 733 g/mol. The van der Waals surface area contributed by atoms with Crippen LogP contribution in [0.25, 0.3) is 11.1 Å². The lowest BCUT2D eigenvalue weighted by Crippen LogP contribution is -2.38. The van der Waals surface area contributed by atoms with Gasteiger partial charge in [-0.15, -0.1) is 0 Å². The summed E-state index contributed by atoms with van der Waals surface area (Å²) in [4.78, 5) is 15.1. The molecular weight excluding hydrogens is 687 g/mol. The third-order valence-corrected chi connectivity index (χ3v) is 10.0. The SMILES string of the molecule is C[C@@H](c1ccccc1)N(C)C[C@@H]1C[C@H](c2ccc(CO)cc2)O[C@H](c2cccc(-c3cccc(CNC(=O)Nc4ccc(Oc5ccccc5)cc4)c3)c2)O1. The van der Waals surface area contributed by atoms with Gasteiger partial charge < -0.3 is 30.0 Å². The van der Waals surface area contributed by atoms with E-state index in [9.17, 15) is 9.90 Å². The summed E-state index contributed by atoms with van der Waals surface area (Å²) < 4.78 is 19.3. The van der Waals surface area contributed by atoms with Crippen LogP contribution in [0.4, 0.5) is 10.5 Å². The Labute approximate surface area is 323 Å². The van der Waals surface area contributed by atoms with Crippen LogP contribution in [0.1, 0.15) is 59.6 Å². The third-order valence-electron chi connectivity index (χ3n) is 10.0. The highest BCUT2D eigenvalue weighted by Crippen LogP contribution is 2.39. The van der Waals surface area contributed by atoms with E-state index in [1.807, 2.05) is 103 Å². The van der Waals surface area contributed by atoms with Crippen molar-refractivity contribution in [3.05, 3.63) is 186 Å². The van der Waals surface area contributed by atoms with Crippen molar-refractivity contribution >= 4 is 11.7 Å². The van der Waals surface area contributed by atoms with Gasteiger partial charge >= 0.3 is 6.03 Å². The summed E-state index contributed by atoms with van der Waals surface area (Å²) >= 11 is 0. The minimum atomic E-state index is -0.575. The number of ether oxygens (including phenoxy) is 3. The van der Waals surface area contributed by atoms with Crippen molar-refractivity contribution in [3.63, 3.8) is 0 Å². The van der Waals surface area contributed by atoms with E-state index < -0.39 is 6.29 Å². The number of carbonyl (C=O) groups is 1. The maximum absolute atomic E-state index is 12.8. The highest BCUT2D eigenvalue weighted by atomic mass is 16.7. The van der Waals surface area contributed by atoms with Crippen LogP contribution in [0.3, 0.4) is 0 Å². The first-order valence-electron chi connectivity index (χ1n) is 18.7. The molecule has 3 N–H and O–H groups in total. The van der Waals surface area contributed by atoms with Crippen molar-refractivity contribution in [2.24, 2.45) is 0 Å². The molecule has 0 spiro atoms. The number of benzene rings is 6. The summed E-state index contributed by atoms with van der Waals surface area (Å²) in [6, 6.07) is 51.7. The number of amides is 2. The van der Waals surface area contributed by atoms with Gasteiger partial charge in [-0.25, -0.2) is 4.79 Å². The number of carbonyl (C=O) groups excluding carboxylic acids is 1. The standard InChI is InChI=1S/C47H47N3O5/c1-33(36-12-5-3-6-13-36)50(2)31-44-29-45(37-21-19-34(32-51)20-22-37)55-46(54-44)40-16-10-15-39(28-40)38-14-9-11-35(27-38)30-48-47(52)49-41-23-25-43(26-24-41)53-42-17-7-4-8-18-42/h3-28,33,44-46,51H,29-32H2,1-2H3,(H2,48,49,52)/t33-,44-,45+,46+/m0/s1. The zero-order valence-electron chi connectivity index (χ0n) is 31.2. The molecule has 6 aromatic rings. The van der Waals surface area contributed by atoms with Crippen LogP contribution >= 0.6 is 0 Å². The van der Waals surface area contributed by atoms with Crippen molar-refractivity contribution in [2.45, 2.75) is 51.0 Å². The number of hydrogen-bond donors (Lipinski definition) is 3. The summed E-state index contributed by atoms with van der Waals surface area (Å²) in [5.41, 5.74) is 7.80. The quantitative estimate of drug-likeness (QED) is 0.109. The van der Waals surface area contributed by atoms with Gasteiger partial charge in [0, 0.05) is 36.8 Å². The molecule has 280 valence electrons. The molecule has 0 bridgehead atoms. The average Bonchev–Trinajstić information content (AvgIpc) is 3.24. The maximum atomic E-state index is 12.8. The highest BCUT2D eigenvalue weighted by molar-refractivity contribution is 5.89. The fourth-order valence-corrected chi connectivity index (χ4v) is 6.81.